The summed E-state index contributed by atoms with van der Waals surface area (Å²) in [6, 6.07) is 0. The number of nitrogens with one attached hydrogen (secondary N) is 1. The van der Waals surface area contributed by atoms with E-state index in [1.807, 2.05) is 0 Å². The molecule has 1 atom stereocenters. The summed E-state index contributed by atoms with van der Waals surface area (Å²) in [5.41, 5.74) is 2.42. The van der Waals surface area contributed by atoms with Crippen molar-refractivity contribution in [3.63, 3.8) is 0 Å². The molecule has 13 heavy (non-hydrogen) atoms. The average Bonchev–Trinajstić information content (AvgIpc) is 2.00. The highest BCUT2D eigenvalue weighted by Gasteiger charge is 2.23. The summed E-state index contributed by atoms with van der Waals surface area (Å²) >= 11 is 0. The van der Waals surface area contributed by atoms with E-state index < -0.39 is 0 Å². The van der Waals surface area contributed by atoms with E-state index in [9.17, 15) is 4.79 Å². The van der Waals surface area contributed by atoms with Gasteiger partial charge in [0.25, 0.3) is 0 Å². The fraction of sp³-hybridized carbons (Fsp3) is 0.900. The Morgan fingerprint density at radius 2 is 2.00 bits per heavy atom. The number of hydrogen-bond acceptors (Lipinski definition) is 2. The minimum absolute atomic E-state index is 0.0308. The Hall–Kier alpha value is -0.570. The first-order chi connectivity index (χ1) is 5.90. The molecule has 0 saturated carbocycles. The first-order valence-electron chi connectivity index (χ1n) is 4.91. The summed E-state index contributed by atoms with van der Waals surface area (Å²) in [5.74, 6) is 5.16. The third-order valence-electron chi connectivity index (χ3n) is 2.01. The molecule has 3 N–H and O–H groups in total. The molecule has 78 valence electrons. The Morgan fingerprint density at radius 3 is 2.31 bits per heavy atom. The number of nitrogens with two attached hydrogens (primary N) is 1. The highest BCUT2D eigenvalue weighted by molar-refractivity contribution is 5.77. The van der Waals surface area contributed by atoms with E-state index in [0.29, 0.717) is 0 Å². The lowest BCUT2D eigenvalue weighted by molar-refractivity contribution is -0.126. The number of amides is 1. The first-order valence-corrected chi connectivity index (χ1v) is 4.91. The van der Waals surface area contributed by atoms with Crippen LogP contribution < -0.4 is 11.3 Å². The van der Waals surface area contributed by atoms with Crippen molar-refractivity contribution in [3.8, 4) is 0 Å². The van der Waals surface area contributed by atoms with Crippen LogP contribution in [0.25, 0.3) is 0 Å². The van der Waals surface area contributed by atoms with Gasteiger partial charge in [-0.15, -0.1) is 0 Å². The molecule has 1 amide bonds. The van der Waals surface area contributed by atoms with Crippen LogP contribution in [0.15, 0.2) is 0 Å². The quantitative estimate of drug-likeness (QED) is 0.400. The van der Waals surface area contributed by atoms with Gasteiger partial charge in [-0.1, -0.05) is 34.1 Å². The monoisotopic (exact) mass is 186 g/mol. The van der Waals surface area contributed by atoms with Gasteiger partial charge in [0, 0.05) is 5.92 Å². The molecule has 3 heteroatoms. The van der Waals surface area contributed by atoms with E-state index >= 15 is 0 Å². The lowest BCUT2D eigenvalue weighted by Crippen LogP contribution is -2.37. The van der Waals surface area contributed by atoms with Crippen LogP contribution in [0.5, 0.6) is 0 Å². The first kappa shape index (κ1) is 12.4. The molecule has 0 rings (SSSR count). The average molecular weight is 186 g/mol. The molecule has 0 aromatic rings. The van der Waals surface area contributed by atoms with E-state index in [1.54, 1.807) is 0 Å². The third kappa shape index (κ3) is 5.64. The zero-order chi connectivity index (χ0) is 10.5. The van der Waals surface area contributed by atoms with Crippen LogP contribution >= 0.6 is 0 Å². The molecule has 0 aromatic heterocycles. The minimum atomic E-state index is -0.0308. The van der Waals surface area contributed by atoms with Crippen molar-refractivity contribution in [2.45, 2.75) is 47.0 Å². The molecule has 1 unspecified atom stereocenters. The fourth-order valence-electron chi connectivity index (χ4n) is 1.53. The van der Waals surface area contributed by atoms with Gasteiger partial charge in [-0.2, -0.15) is 0 Å². The summed E-state index contributed by atoms with van der Waals surface area (Å²) in [5, 5.41) is 0. The fourth-order valence-corrected chi connectivity index (χ4v) is 1.53. The Labute approximate surface area is 81.0 Å². The number of carbonyl (C=O) groups is 1. The Bertz CT molecular complexity index is 161. The molecular formula is C10H22N2O. The number of carbonyl (C=O) groups excluding carboxylic acids is 1. The van der Waals surface area contributed by atoms with Crippen molar-refractivity contribution < 1.29 is 4.79 Å². The number of rotatable bonds is 4. The van der Waals surface area contributed by atoms with Gasteiger partial charge in [0.1, 0.15) is 0 Å². The van der Waals surface area contributed by atoms with Crippen molar-refractivity contribution in [2.75, 3.05) is 0 Å². The summed E-state index contributed by atoms with van der Waals surface area (Å²) in [7, 11) is 0. The third-order valence-corrected chi connectivity index (χ3v) is 2.01. The second-order valence-electron chi connectivity index (χ2n) is 4.76. The SMILES string of the molecule is CCCC(CC(C)(C)C)C(=O)NN. The van der Waals surface area contributed by atoms with Crippen molar-refractivity contribution in [2.24, 2.45) is 17.2 Å². The summed E-state index contributed by atoms with van der Waals surface area (Å²) in [6.07, 6.45) is 2.83. The maximum atomic E-state index is 11.3. The van der Waals surface area contributed by atoms with Crippen LogP contribution in [-0.4, -0.2) is 5.91 Å². The van der Waals surface area contributed by atoms with Crippen LogP contribution in [-0.2, 0) is 4.79 Å². The number of hydrazine groups is 1. The van der Waals surface area contributed by atoms with Gasteiger partial charge < -0.3 is 0 Å². The van der Waals surface area contributed by atoms with E-state index in [-0.39, 0.29) is 17.2 Å². The molecule has 0 aromatic carbocycles. The molecule has 0 aliphatic rings. The summed E-state index contributed by atoms with van der Waals surface area (Å²) in [4.78, 5) is 11.3. The lowest BCUT2D eigenvalue weighted by Gasteiger charge is -2.24. The largest absolute Gasteiger partial charge is 0.294 e. The van der Waals surface area contributed by atoms with Gasteiger partial charge in [-0.3, -0.25) is 10.2 Å². The topological polar surface area (TPSA) is 55.1 Å². The van der Waals surface area contributed by atoms with Crippen molar-refractivity contribution in [1.29, 1.82) is 0 Å². The van der Waals surface area contributed by atoms with Crippen LogP contribution in [0.4, 0.5) is 0 Å². The van der Waals surface area contributed by atoms with E-state index in [1.165, 1.54) is 0 Å². The van der Waals surface area contributed by atoms with Gasteiger partial charge in [0.05, 0.1) is 0 Å². The predicted molar refractivity (Wildman–Crippen MR) is 54.8 cm³/mol. The molecule has 0 bridgehead atoms. The van der Waals surface area contributed by atoms with E-state index in [4.69, 9.17) is 5.84 Å². The lowest BCUT2D eigenvalue weighted by atomic mass is 9.82. The minimum Gasteiger partial charge on any atom is -0.294 e. The zero-order valence-corrected chi connectivity index (χ0v) is 9.18. The molecule has 0 aliphatic heterocycles. The summed E-state index contributed by atoms with van der Waals surface area (Å²) in [6.45, 7) is 8.50. The molecule has 0 saturated heterocycles. The zero-order valence-electron chi connectivity index (χ0n) is 9.18. The summed E-state index contributed by atoms with van der Waals surface area (Å²) < 4.78 is 0. The second-order valence-corrected chi connectivity index (χ2v) is 4.76. The van der Waals surface area contributed by atoms with E-state index in [0.717, 1.165) is 19.3 Å². The van der Waals surface area contributed by atoms with Crippen molar-refractivity contribution in [1.82, 2.24) is 5.43 Å². The van der Waals surface area contributed by atoms with Gasteiger partial charge in [-0.25, -0.2) is 5.84 Å². The van der Waals surface area contributed by atoms with Gasteiger partial charge in [-0.05, 0) is 18.3 Å². The highest BCUT2D eigenvalue weighted by Crippen LogP contribution is 2.26. The molecule has 0 spiro atoms. The standard InChI is InChI=1S/C10H22N2O/c1-5-6-8(9(13)12-11)7-10(2,3)4/h8H,5-7,11H2,1-4H3,(H,12,13). The van der Waals surface area contributed by atoms with Crippen molar-refractivity contribution in [3.05, 3.63) is 0 Å². The highest BCUT2D eigenvalue weighted by atomic mass is 16.2. The Morgan fingerprint density at radius 1 is 1.46 bits per heavy atom. The molecular weight excluding hydrogens is 164 g/mol. The van der Waals surface area contributed by atoms with Gasteiger partial charge >= 0.3 is 0 Å². The van der Waals surface area contributed by atoms with Gasteiger partial charge in [0.2, 0.25) is 5.91 Å². The van der Waals surface area contributed by atoms with Crippen molar-refractivity contribution >= 4 is 5.91 Å². The van der Waals surface area contributed by atoms with Crippen LogP contribution in [0.2, 0.25) is 0 Å². The van der Waals surface area contributed by atoms with Crippen LogP contribution in [0, 0.1) is 11.3 Å². The molecule has 0 aliphatic carbocycles. The predicted octanol–water partition coefficient (Wildman–Crippen LogP) is 1.83. The molecule has 3 nitrogen and oxygen atoms in total. The van der Waals surface area contributed by atoms with Crippen LogP contribution in [0.3, 0.4) is 0 Å². The van der Waals surface area contributed by atoms with E-state index in [2.05, 4.69) is 33.1 Å². The maximum Gasteiger partial charge on any atom is 0.237 e. The van der Waals surface area contributed by atoms with Crippen LogP contribution in [0.1, 0.15) is 47.0 Å². The molecule has 0 fully saturated rings. The second kappa shape index (κ2) is 5.22. The molecule has 0 heterocycles. The number of hydrogen-bond donors (Lipinski definition) is 2. The maximum absolute atomic E-state index is 11.3. The molecule has 0 radical (unpaired) electrons. The smallest absolute Gasteiger partial charge is 0.237 e. The van der Waals surface area contributed by atoms with Gasteiger partial charge in [0.15, 0.2) is 0 Å². The normalized spacial score (nSPS) is 13.9. The Kier molecular flexibility index (Phi) is 4.99. The Balaban J connectivity index is 4.17.